The molecule has 0 radical (unpaired) electrons. The summed E-state index contributed by atoms with van der Waals surface area (Å²) in [5.74, 6) is 0. The van der Waals surface area contributed by atoms with Crippen molar-refractivity contribution in [3.8, 4) is 0 Å². The molecule has 0 aromatic rings. The van der Waals surface area contributed by atoms with Gasteiger partial charge in [0.15, 0.2) is 0 Å². The highest BCUT2D eigenvalue weighted by Gasteiger charge is 1.97. The Labute approximate surface area is 81.0 Å². The third-order valence-electron chi connectivity index (χ3n) is 1.60. The molecule has 0 saturated heterocycles. The smallest absolute Gasteiger partial charge is 0.0406 e. The Morgan fingerprint density at radius 2 is 2.00 bits per heavy atom. The maximum Gasteiger partial charge on any atom is 0.0406 e. The molecule has 0 aliphatic carbocycles. The SMILES string of the molecule is C=C\C=C/C(=C(C)\C=N/C)N(C)C. The molecule has 0 amide bonds. The third kappa shape index (κ3) is 4.31. The predicted octanol–water partition coefficient (Wildman–Crippen LogP) is 2.26. The van der Waals surface area contributed by atoms with Crippen molar-refractivity contribution in [3.05, 3.63) is 36.1 Å². The first-order chi connectivity index (χ1) is 6.13. The van der Waals surface area contributed by atoms with Gasteiger partial charge in [-0.3, -0.25) is 4.99 Å². The highest BCUT2D eigenvalue weighted by Crippen LogP contribution is 2.06. The molecule has 0 spiro atoms. The molecule has 72 valence electrons. The van der Waals surface area contributed by atoms with Crippen LogP contribution >= 0.6 is 0 Å². The minimum absolute atomic E-state index is 1.14. The molecule has 0 aliphatic rings. The highest BCUT2D eigenvalue weighted by molar-refractivity contribution is 5.79. The van der Waals surface area contributed by atoms with Crippen LogP contribution in [-0.4, -0.2) is 32.3 Å². The van der Waals surface area contributed by atoms with E-state index < -0.39 is 0 Å². The van der Waals surface area contributed by atoms with Crippen LogP contribution in [-0.2, 0) is 0 Å². The van der Waals surface area contributed by atoms with Gasteiger partial charge >= 0.3 is 0 Å². The van der Waals surface area contributed by atoms with Crippen LogP contribution in [0.2, 0.25) is 0 Å². The Morgan fingerprint density at radius 1 is 1.38 bits per heavy atom. The summed E-state index contributed by atoms with van der Waals surface area (Å²) in [5, 5.41) is 0. The lowest BCUT2D eigenvalue weighted by atomic mass is 10.2. The minimum Gasteiger partial charge on any atom is -0.377 e. The van der Waals surface area contributed by atoms with Crippen molar-refractivity contribution < 1.29 is 0 Å². The fraction of sp³-hybridized carbons (Fsp3) is 0.364. The zero-order chi connectivity index (χ0) is 10.3. The zero-order valence-corrected chi connectivity index (χ0v) is 8.91. The molecule has 13 heavy (non-hydrogen) atoms. The summed E-state index contributed by atoms with van der Waals surface area (Å²) in [6.45, 7) is 5.67. The van der Waals surface area contributed by atoms with Gasteiger partial charge in [-0.25, -0.2) is 0 Å². The summed E-state index contributed by atoms with van der Waals surface area (Å²) in [4.78, 5) is 6.03. The summed E-state index contributed by atoms with van der Waals surface area (Å²) in [7, 11) is 5.79. The molecule has 2 heteroatoms. The van der Waals surface area contributed by atoms with Crippen molar-refractivity contribution in [2.75, 3.05) is 21.1 Å². The molecule has 0 aromatic heterocycles. The van der Waals surface area contributed by atoms with Crippen LogP contribution in [0.5, 0.6) is 0 Å². The van der Waals surface area contributed by atoms with Gasteiger partial charge in [0.25, 0.3) is 0 Å². The Bertz CT molecular complexity index is 245. The predicted molar refractivity (Wildman–Crippen MR) is 60.1 cm³/mol. The van der Waals surface area contributed by atoms with E-state index >= 15 is 0 Å². The number of nitrogens with zero attached hydrogens (tertiary/aromatic N) is 2. The largest absolute Gasteiger partial charge is 0.377 e. The minimum atomic E-state index is 1.14. The van der Waals surface area contributed by atoms with Gasteiger partial charge < -0.3 is 4.90 Å². The van der Waals surface area contributed by atoms with Gasteiger partial charge in [-0.15, -0.1) is 0 Å². The van der Waals surface area contributed by atoms with Crippen LogP contribution in [0.15, 0.2) is 41.1 Å². The second kappa shape index (κ2) is 6.23. The molecule has 0 heterocycles. The lowest BCUT2D eigenvalue weighted by Crippen LogP contribution is -2.11. The van der Waals surface area contributed by atoms with Crippen molar-refractivity contribution in [2.24, 2.45) is 4.99 Å². The van der Waals surface area contributed by atoms with E-state index in [-0.39, 0.29) is 0 Å². The van der Waals surface area contributed by atoms with Crippen LogP contribution in [0.1, 0.15) is 6.92 Å². The molecular formula is C11H18N2. The standard InChI is InChI=1S/C11H18N2/c1-6-7-8-11(13(4)5)10(2)9-12-3/h6-9H,1H2,2-5H3/b8-7-,11-10+,12-9-. The van der Waals surface area contributed by atoms with Gasteiger partial charge in [-0.05, 0) is 18.6 Å². The summed E-state index contributed by atoms with van der Waals surface area (Å²) in [5.41, 5.74) is 2.29. The Morgan fingerprint density at radius 3 is 2.38 bits per heavy atom. The van der Waals surface area contributed by atoms with Crippen LogP contribution in [0, 0.1) is 0 Å². The molecule has 2 nitrogen and oxygen atoms in total. The fourth-order valence-electron chi connectivity index (χ4n) is 1.05. The molecular weight excluding hydrogens is 160 g/mol. The fourth-order valence-corrected chi connectivity index (χ4v) is 1.05. The molecule has 0 rings (SSSR count). The van der Waals surface area contributed by atoms with E-state index in [1.165, 1.54) is 0 Å². The molecule has 0 aromatic carbocycles. The molecule has 0 saturated carbocycles. The van der Waals surface area contributed by atoms with Crippen LogP contribution in [0.4, 0.5) is 0 Å². The van der Waals surface area contributed by atoms with E-state index in [2.05, 4.69) is 16.5 Å². The second-order valence-electron chi connectivity index (χ2n) is 2.94. The van der Waals surface area contributed by atoms with Gasteiger partial charge in [0.2, 0.25) is 0 Å². The third-order valence-corrected chi connectivity index (χ3v) is 1.60. The molecule has 0 unspecified atom stereocenters. The van der Waals surface area contributed by atoms with E-state index in [1.807, 2.05) is 39.4 Å². The van der Waals surface area contributed by atoms with Gasteiger partial charge in [0.05, 0.1) is 0 Å². The van der Waals surface area contributed by atoms with Gasteiger partial charge in [-0.2, -0.15) is 0 Å². The van der Waals surface area contributed by atoms with Crippen LogP contribution in [0.3, 0.4) is 0 Å². The first kappa shape index (κ1) is 11.7. The van der Waals surface area contributed by atoms with Crippen molar-refractivity contribution in [3.63, 3.8) is 0 Å². The van der Waals surface area contributed by atoms with E-state index in [9.17, 15) is 0 Å². The monoisotopic (exact) mass is 178 g/mol. The van der Waals surface area contributed by atoms with Gasteiger partial charge in [0, 0.05) is 33.1 Å². The van der Waals surface area contributed by atoms with E-state index in [0.717, 1.165) is 11.3 Å². The van der Waals surface area contributed by atoms with Crippen molar-refractivity contribution in [1.82, 2.24) is 4.90 Å². The summed E-state index contributed by atoms with van der Waals surface area (Å²) in [6.07, 6.45) is 7.55. The quantitative estimate of drug-likeness (QED) is 0.476. The average molecular weight is 178 g/mol. The summed E-state index contributed by atoms with van der Waals surface area (Å²) < 4.78 is 0. The first-order valence-corrected chi connectivity index (χ1v) is 4.23. The number of hydrogen-bond acceptors (Lipinski definition) is 2. The van der Waals surface area contributed by atoms with Crippen LogP contribution in [0.25, 0.3) is 0 Å². The lowest BCUT2D eigenvalue weighted by Gasteiger charge is -2.15. The van der Waals surface area contributed by atoms with Crippen molar-refractivity contribution in [2.45, 2.75) is 6.92 Å². The number of rotatable bonds is 4. The normalized spacial score (nSPS) is 13.5. The van der Waals surface area contributed by atoms with E-state index in [1.54, 1.807) is 13.1 Å². The van der Waals surface area contributed by atoms with Crippen molar-refractivity contribution >= 4 is 6.21 Å². The molecule has 0 fully saturated rings. The highest BCUT2D eigenvalue weighted by atomic mass is 15.1. The average Bonchev–Trinajstić information content (AvgIpc) is 2.05. The van der Waals surface area contributed by atoms with Crippen LogP contribution < -0.4 is 0 Å². The maximum atomic E-state index is 3.98. The Hall–Kier alpha value is -1.31. The molecule has 0 N–H and O–H groups in total. The number of likely N-dealkylation sites (N-methyl/N-ethyl adjacent to an activating group) is 1. The number of hydrogen-bond donors (Lipinski definition) is 0. The second-order valence-corrected chi connectivity index (χ2v) is 2.94. The number of aliphatic imine (C=N–C) groups is 1. The molecule has 0 atom stereocenters. The van der Waals surface area contributed by atoms with Crippen molar-refractivity contribution in [1.29, 1.82) is 0 Å². The summed E-state index contributed by atoms with van der Waals surface area (Å²) in [6, 6.07) is 0. The maximum absolute atomic E-state index is 3.98. The zero-order valence-electron chi connectivity index (χ0n) is 8.91. The Balaban J connectivity index is 4.87. The lowest BCUT2D eigenvalue weighted by molar-refractivity contribution is 0.526. The molecule has 0 aliphatic heterocycles. The number of allylic oxidation sites excluding steroid dienone is 4. The summed E-state index contributed by atoms with van der Waals surface area (Å²) >= 11 is 0. The van der Waals surface area contributed by atoms with E-state index in [4.69, 9.17) is 0 Å². The van der Waals surface area contributed by atoms with Gasteiger partial charge in [0.1, 0.15) is 0 Å². The van der Waals surface area contributed by atoms with Gasteiger partial charge in [-0.1, -0.05) is 18.7 Å². The first-order valence-electron chi connectivity index (χ1n) is 4.23. The molecule has 0 bridgehead atoms. The van der Waals surface area contributed by atoms with E-state index in [0.29, 0.717) is 0 Å². The Kier molecular flexibility index (Phi) is 5.60. The topological polar surface area (TPSA) is 15.6 Å².